The van der Waals surface area contributed by atoms with Gasteiger partial charge in [-0.15, -0.1) is 0 Å². The van der Waals surface area contributed by atoms with E-state index in [4.69, 9.17) is 0 Å². The summed E-state index contributed by atoms with van der Waals surface area (Å²) in [7, 11) is 0. The SMILES string of the molecule is O=C(O)[C@@H](NCC1CC=CCC1)c1ccccc1. The largest absolute Gasteiger partial charge is 0.480 e. The molecule has 0 spiro atoms. The van der Waals surface area contributed by atoms with E-state index in [1.807, 2.05) is 30.3 Å². The third-order valence-electron chi connectivity index (χ3n) is 3.37. The maximum Gasteiger partial charge on any atom is 0.325 e. The van der Waals surface area contributed by atoms with Gasteiger partial charge in [0.15, 0.2) is 0 Å². The summed E-state index contributed by atoms with van der Waals surface area (Å²) in [4.78, 5) is 11.3. The van der Waals surface area contributed by atoms with Gasteiger partial charge in [-0.25, -0.2) is 0 Å². The average Bonchev–Trinajstić information content (AvgIpc) is 2.41. The Balaban J connectivity index is 1.95. The Bertz CT molecular complexity index is 414. The molecule has 2 N–H and O–H groups in total. The molecule has 1 aromatic rings. The molecule has 1 aliphatic carbocycles. The molecule has 3 heteroatoms. The maximum absolute atomic E-state index is 11.3. The van der Waals surface area contributed by atoms with Crippen LogP contribution < -0.4 is 5.32 Å². The van der Waals surface area contributed by atoms with Gasteiger partial charge in [-0.3, -0.25) is 4.79 Å². The summed E-state index contributed by atoms with van der Waals surface area (Å²) < 4.78 is 0. The molecule has 0 saturated heterocycles. The van der Waals surface area contributed by atoms with Crippen molar-refractivity contribution in [2.24, 2.45) is 5.92 Å². The Hall–Kier alpha value is -1.61. The van der Waals surface area contributed by atoms with Crippen LogP contribution in [0.1, 0.15) is 30.9 Å². The zero-order chi connectivity index (χ0) is 12.8. The zero-order valence-electron chi connectivity index (χ0n) is 10.4. The Morgan fingerprint density at radius 1 is 1.33 bits per heavy atom. The lowest BCUT2D eigenvalue weighted by Gasteiger charge is -2.21. The molecule has 0 radical (unpaired) electrons. The molecule has 1 unspecified atom stereocenters. The number of rotatable bonds is 5. The number of benzene rings is 1. The van der Waals surface area contributed by atoms with Crippen LogP contribution in [0.4, 0.5) is 0 Å². The lowest BCUT2D eigenvalue weighted by Crippen LogP contribution is -2.32. The number of nitrogens with one attached hydrogen (secondary N) is 1. The van der Waals surface area contributed by atoms with Crippen LogP contribution in [-0.4, -0.2) is 17.6 Å². The summed E-state index contributed by atoms with van der Waals surface area (Å²) in [6.07, 6.45) is 7.69. The summed E-state index contributed by atoms with van der Waals surface area (Å²) in [5.41, 5.74) is 0.816. The Labute approximate surface area is 108 Å². The van der Waals surface area contributed by atoms with Gasteiger partial charge in [-0.05, 0) is 37.3 Å². The van der Waals surface area contributed by atoms with Crippen LogP contribution in [0.2, 0.25) is 0 Å². The number of aliphatic carboxylic acids is 1. The molecule has 18 heavy (non-hydrogen) atoms. The first-order chi connectivity index (χ1) is 8.77. The second-order valence-electron chi connectivity index (χ2n) is 4.74. The minimum Gasteiger partial charge on any atom is -0.480 e. The molecule has 0 fully saturated rings. The molecule has 0 saturated carbocycles. The zero-order valence-corrected chi connectivity index (χ0v) is 10.4. The van der Waals surface area contributed by atoms with Gasteiger partial charge in [0, 0.05) is 0 Å². The van der Waals surface area contributed by atoms with Crippen molar-refractivity contribution in [3.05, 3.63) is 48.0 Å². The standard InChI is InChI=1S/C15H19NO2/c17-15(18)14(13-9-5-2-6-10-13)16-11-12-7-3-1-4-8-12/h1-3,5-6,9-10,12,14,16H,4,7-8,11H2,(H,17,18)/t12?,14-/m0/s1. The topological polar surface area (TPSA) is 49.3 Å². The molecule has 96 valence electrons. The molecule has 0 heterocycles. The smallest absolute Gasteiger partial charge is 0.325 e. The van der Waals surface area contributed by atoms with Crippen molar-refractivity contribution in [2.75, 3.05) is 6.54 Å². The second kappa shape index (κ2) is 6.36. The highest BCUT2D eigenvalue weighted by molar-refractivity contribution is 5.75. The number of allylic oxidation sites excluding steroid dienone is 2. The normalized spacial score (nSPS) is 20.6. The summed E-state index contributed by atoms with van der Waals surface area (Å²) in [5.74, 6) is -0.256. The quantitative estimate of drug-likeness (QED) is 0.784. The molecule has 1 aromatic carbocycles. The van der Waals surface area contributed by atoms with Crippen LogP contribution in [0, 0.1) is 5.92 Å². The number of hydrogen-bond donors (Lipinski definition) is 2. The van der Waals surface area contributed by atoms with E-state index < -0.39 is 12.0 Å². The molecule has 1 aliphatic rings. The van der Waals surface area contributed by atoms with E-state index in [-0.39, 0.29) is 0 Å². The first-order valence-corrected chi connectivity index (χ1v) is 6.43. The number of hydrogen-bond acceptors (Lipinski definition) is 2. The summed E-state index contributed by atoms with van der Waals surface area (Å²) in [5, 5.41) is 12.5. The molecule has 2 atom stereocenters. The third-order valence-corrected chi connectivity index (χ3v) is 3.37. The fourth-order valence-corrected chi connectivity index (χ4v) is 2.32. The van der Waals surface area contributed by atoms with Crippen LogP contribution in [0.3, 0.4) is 0 Å². The molecule has 0 bridgehead atoms. The van der Waals surface area contributed by atoms with Crippen LogP contribution in [0.5, 0.6) is 0 Å². The lowest BCUT2D eigenvalue weighted by molar-refractivity contribution is -0.139. The minimum absolute atomic E-state index is 0.556. The highest BCUT2D eigenvalue weighted by Gasteiger charge is 2.20. The average molecular weight is 245 g/mol. The van der Waals surface area contributed by atoms with Crippen molar-refractivity contribution < 1.29 is 9.90 Å². The molecule has 3 nitrogen and oxygen atoms in total. The summed E-state index contributed by atoms with van der Waals surface area (Å²) in [6.45, 7) is 0.760. The molecule has 0 amide bonds. The molecular weight excluding hydrogens is 226 g/mol. The van der Waals surface area contributed by atoms with Crippen molar-refractivity contribution in [1.82, 2.24) is 5.32 Å². The van der Waals surface area contributed by atoms with Crippen molar-refractivity contribution in [2.45, 2.75) is 25.3 Å². The Kier molecular flexibility index (Phi) is 4.53. The van der Waals surface area contributed by atoms with Crippen LogP contribution in [-0.2, 0) is 4.79 Å². The van der Waals surface area contributed by atoms with E-state index in [1.54, 1.807) is 0 Å². The van der Waals surface area contributed by atoms with Gasteiger partial charge in [0.1, 0.15) is 6.04 Å². The van der Waals surface area contributed by atoms with Gasteiger partial charge >= 0.3 is 5.97 Å². The van der Waals surface area contributed by atoms with E-state index in [2.05, 4.69) is 17.5 Å². The number of carboxylic acid groups (broad SMARTS) is 1. The lowest BCUT2D eigenvalue weighted by atomic mass is 9.94. The van der Waals surface area contributed by atoms with Gasteiger partial charge in [0.05, 0.1) is 0 Å². The monoisotopic (exact) mass is 245 g/mol. The van der Waals surface area contributed by atoms with Gasteiger partial charge in [0.25, 0.3) is 0 Å². The number of carboxylic acids is 1. The van der Waals surface area contributed by atoms with Crippen molar-refractivity contribution in [1.29, 1.82) is 0 Å². The minimum atomic E-state index is -0.812. The highest BCUT2D eigenvalue weighted by atomic mass is 16.4. The van der Waals surface area contributed by atoms with Gasteiger partial charge in [-0.2, -0.15) is 0 Å². The van der Waals surface area contributed by atoms with Crippen molar-refractivity contribution >= 4 is 5.97 Å². The highest BCUT2D eigenvalue weighted by Crippen LogP contribution is 2.19. The molecular formula is C15H19NO2. The second-order valence-corrected chi connectivity index (χ2v) is 4.74. The van der Waals surface area contributed by atoms with E-state index in [1.165, 1.54) is 0 Å². The number of carbonyl (C=O) groups is 1. The first kappa shape index (κ1) is 12.8. The van der Waals surface area contributed by atoms with Gasteiger partial charge in [-0.1, -0.05) is 42.5 Å². The predicted molar refractivity (Wildman–Crippen MR) is 71.3 cm³/mol. The van der Waals surface area contributed by atoms with Crippen LogP contribution >= 0.6 is 0 Å². The van der Waals surface area contributed by atoms with Crippen molar-refractivity contribution in [3.8, 4) is 0 Å². The maximum atomic E-state index is 11.3. The summed E-state index contributed by atoms with van der Waals surface area (Å²) in [6, 6.07) is 8.75. The predicted octanol–water partition coefficient (Wildman–Crippen LogP) is 2.76. The molecule has 0 aromatic heterocycles. The fourth-order valence-electron chi connectivity index (χ4n) is 2.32. The third kappa shape index (κ3) is 3.44. The van der Waals surface area contributed by atoms with E-state index in [9.17, 15) is 9.90 Å². The first-order valence-electron chi connectivity index (χ1n) is 6.43. The van der Waals surface area contributed by atoms with Crippen molar-refractivity contribution in [3.63, 3.8) is 0 Å². The Morgan fingerprint density at radius 2 is 2.11 bits per heavy atom. The van der Waals surface area contributed by atoms with E-state index in [0.717, 1.165) is 31.4 Å². The van der Waals surface area contributed by atoms with Gasteiger partial charge < -0.3 is 10.4 Å². The Morgan fingerprint density at radius 3 is 2.72 bits per heavy atom. The molecule has 0 aliphatic heterocycles. The van der Waals surface area contributed by atoms with E-state index >= 15 is 0 Å². The van der Waals surface area contributed by atoms with Gasteiger partial charge in [0.2, 0.25) is 0 Å². The van der Waals surface area contributed by atoms with E-state index in [0.29, 0.717) is 5.92 Å². The van der Waals surface area contributed by atoms with Crippen LogP contribution in [0.25, 0.3) is 0 Å². The van der Waals surface area contributed by atoms with Crippen LogP contribution in [0.15, 0.2) is 42.5 Å². The molecule has 2 rings (SSSR count). The summed E-state index contributed by atoms with van der Waals surface area (Å²) >= 11 is 0. The fraction of sp³-hybridized carbons (Fsp3) is 0.400.